The lowest BCUT2D eigenvalue weighted by Crippen LogP contribution is -2.41. The number of anilines is 1. The first-order chi connectivity index (χ1) is 15.2. The third-order valence-electron chi connectivity index (χ3n) is 5.72. The fourth-order valence-corrected chi connectivity index (χ4v) is 3.72. The molecule has 0 radical (unpaired) electrons. The van der Waals surface area contributed by atoms with Crippen molar-refractivity contribution in [1.29, 1.82) is 0 Å². The Morgan fingerprint density at radius 2 is 2.10 bits per heavy atom. The lowest BCUT2D eigenvalue weighted by Gasteiger charge is -2.34. The first-order valence-corrected chi connectivity index (χ1v) is 10.6. The van der Waals surface area contributed by atoms with E-state index in [9.17, 15) is 4.79 Å². The molecule has 5 rings (SSSR count). The van der Waals surface area contributed by atoms with Crippen molar-refractivity contribution in [1.82, 2.24) is 19.5 Å². The van der Waals surface area contributed by atoms with Gasteiger partial charge in [-0.05, 0) is 42.5 Å². The number of morpholine rings is 1. The molecule has 0 spiro atoms. The molecule has 2 fully saturated rings. The highest BCUT2D eigenvalue weighted by molar-refractivity contribution is 5.55. The van der Waals surface area contributed by atoms with Gasteiger partial charge >= 0.3 is 0 Å². The van der Waals surface area contributed by atoms with Crippen LogP contribution in [0.15, 0.2) is 53.7 Å². The zero-order valence-corrected chi connectivity index (χ0v) is 17.5. The first kappa shape index (κ1) is 19.7. The summed E-state index contributed by atoms with van der Waals surface area (Å²) in [6.07, 6.45) is 5.50. The second-order valence-electron chi connectivity index (χ2n) is 8.07. The Kier molecular flexibility index (Phi) is 5.38. The molecule has 1 saturated carbocycles. The third-order valence-corrected chi connectivity index (χ3v) is 5.72. The molecular formula is C23H25N5O3. The zero-order chi connectivity index (χ0) is 21.2. The Balaban J connectivity index is 1.38. The summed E-state index contributed by atoms with van der Waals surface area (Å²) in [5.41, 5.74) is 2.10. The van der Waals surface area contributed by atoms with Crippen molar-refractivity contribution in [3.63, 3.8) is 0 Å². The van der Waals surface area contributed by atoms with Gasteiger partial charge in [-0.25, -0.2) is 15.0 Å². The highest BCUT2D eigenvalue weighted by atomic mass is 16.5. The van der Waals surface area contributed by atoms with E-state index in [1.54, 1.807) is 23.9 Å². The molecule has 3 aromatic rings. The minimum absolute atomic E-state index is 0.127. The number of ether oxygens (including phenoxy) is 2. The smallest absolute Gasteiger partial charge is 0.255 e. The van der Waals surface area contributed by atoms with E-state index >= 15 is 0 Å². The van der Waals surface area contributed by atoms with Crippen LogP contribution in [-0.2, 0) is 11.8 Å². The number of benzene rings is 1. The van der Waals surface area contributed by atoms with Crippen LogP contribution in [0.1, 0.15) is 24.5 Å². The molecule has 0 amide bonds. The van der Waals surface area contributed by atoms with E-state index in [2.05, 4.69) is 27.0 Å². The molecule has 3 heterocycles. The molecule has 1 aliphatic carbocycles. The van der Waals surface area contributed by atoms with Crippen LogP contribution in [0.25, 0.3) is 11.4 Å². The minimum atomic E-state index is -0.128. The molecule has 1 aliphatic heterocycles. The van der Waals surface area contributed by atoms with Crippen LogP contribution in [0.2, 0.25) is 0 Å². The van der Waals surface area contributed by atoms with Crippen molar-refractivity contribution in [2.45, 2.75) is 18.9 Å². The highest BCUT2D eigenvalue weighted by Gasteiger charge is 2.26. The predicted molar refractivity (Wildman–Crippen MR) is 116 cm³/mol. The van der Waals surface area contributed by atoms with Gasteiger partial charge < -0.3 is 14.4 Å². The lowest BCUT2D eigenvalue weighted by atomic mass is 10.1. The molecule has 1 atom stereocenters. The van der Waals surface area contributed by atoms with E-state index in [0.29, 0.717) is 43.0 Å². The maximum atomic E-state index is 12.6. The van der Waals surface area contributed by atoms with Gasteiger partial charge in [-0.2, -0.15) is 0 Å². The fourth-order valence-electron chi connectivity index (χ4n) is 3.72. The van der Waals surface area contributed by atoms with Crippen molar-refractivity contribution in [3.8, 4) is 17.1 Å². The van der Waals surface area contributed by atoms with E-state index in [1.165, 1.54) is 25.2 Å². The fraction of sp³-hybridized carbons (Fsp3) is 0.391. The van der Waals surface area contributed by atoms with E-state index in [-0.39, 0.29) is 11.7 Å². The van der Waals surface area contributed by atoms with E-state index in [1.807, 2.05) is 12.1 Å². The molecule has 1 aromatic carbocycles. The lowest BCUT2D eigenvalue weighted by molar-refractivity contribution is 0.0388. The highest BCUT2D eigenvalue weighted by Crippen LogP contribution is 2.31. The summed E-state index contributed by atoms with van der Waals surface area (Å²) in [6, 6.07) is 11.4. The van der Waals surface area contributed by atoms with Gasteiger partial charge in [-0.1, -0.05) is 12.1 Å². The number of aromatic nitrogens is 4. The predicted octanol–water partition coefficient (Wildman–Crippen LogP) is 2.60. The molecule has 0 bridgehead atoms. The Bertz CT molecular complexity index is 1110. The van der Waals surface area contributed by atoms with E-state index < -0.39 is 0 Å². The summed E-state index contributed by atoms with van der Waals surface area (Å²) < 4.78 is 13.6. The molecule has 1 saturated heterocycles. The van der Waals surface area contributed by atoms with Crippen molar-refractivity contribution in [2.75, 3.05) is 31.2 Å². The molecule has 160 valence electrons. The molecule has 2 aliphatic rings. The van der Waals surface area contributed by atoms with Crippen LogP contribution >= 0.6 is 0 Å². The summed E-state index contributed by atoms with van der Waals surface area (Å²) >= 11 is 0. The first-order valence-electron chi connectivity index (χ1n) is 10.6. The second kappa shape index (κ2) is 8.47. The Morgan fingerprint density at radius 3 is 2.90 bits per heavy atom. The van der Waals surface area contributed by atoms with Gasteiger partial charge in [0.15, 0.2) is 0 Å². The van der Waals surface area contributed by atoms with Gasteiger partial charge in [0.1, 0.15) is 18.2 Å². The average molecular weight is 419 g/mol. The van der Waals surface area contributed by atoms with Gasteiger partial charge in [0.25, 0.3) is 5.56 Å². The molecule has 8 heteroatoms. The third kappa shape index (κ3) is 4.44. The van der Waals surface area contributed by atoms with Gasteiger partial charge in [0, 0.05) is 25.9 Å². The Hall–Kier alpha value is -3.26. The summed E-state index contributed by atoms with van der Waals surface area (Å²) in [4.78, 5) is 27.6. The summed E-state index contributed by atoms with van der Waals surface area (Å²) in [5, 5.41) is 0. The number of nitrogens with zero attached hydrogens (tertiary/aromatic N) is 5. The van der Waals surface area contributed by atoms with Gasteiger partial charge in [0.05, 0.1) is 31.1 Å². The van der Waals surface area contributed by atoms with Crippen molar-refractivity contribution in [3.05, 3.63) is 64.8 Å². The molecule has 8 nitrogen and oxygen atoms in total. The molecular weight excluding hydrogens is 394 g/mol. The largest absolute Gasteiger partial charge is 0.493 e. The minimum Gasteiger partial charge on any atom is -0.493 e. The summed E-state index contributed by atoms with van der Waals surface area (Å²) in [5.74, 6) is 2.19. The summed E-state index contributed by atoms with van der Waals surface area (Å²) in [7, 11) is 1.74. The Labute approximate surface area is 180 Å². The van der Waals surface area contributed by atoms with Crippen molar-refractivity contribution in [2.24, 2.45) is 13.0 Å². The molecule has 1 unspecified atom stereocenters. The van der Waals surface area contributed by atoms with E-state index in [0.717, 1.165) is 17.9 Å². The Morgan fingerprint density at radius 1 is 1.19 bits per heavy atom. The van der Waals surface area contributed by atoms with Crippen LogP contribution in [0, 0.1) is 5.92 Å². The van der Waals surface area contributed by atoms with Crippen molar-refractivity contribution < 1.29 is 9.47 Å². The monoisotopic (exact) mass is 419 g/mol. The molecule has 31 heavy (non-hydrogen) atoms. The second-order valence-corrected chi connectivity index (χ2v) is 8.07. The van der Waals surface area contributed by atoms with Gasteiger partial charge in [0.2, 0.25) is 5.95 Å². The molecule has 0 N–H and O–H groups in total. The molecule has 2 aromatic heterocycles. The normalized spacial score (nSPS) is 18.7. The number of hydrogen-bond donors (Lipinski definition) is 0. The maximum Gasteiger partial charge on any atom is 0.255 e. The topological polar surface area (TPSA) is 82.4 Å². The summed E-state index contributed by atoms with van der Waals surface area (Å²) in [6.45, 7) is 2.58. The van der Waals surface area contributed by atoms with Crippen molar-refractivity contribution >= 4 is 5.95 Å². The SMILES string of the molecule is Cn1c(N2CCOC(c3cccc(OCC4CC4)c3)C2)nc(-c2ccncn2)cc1=O. The van der Waals surface area contributed by atoms with Crippen LogP contribution in [0.5, 0.6) is 5.75 Å². The number of hydrogen-bond acceptors (Lipinski definition) is 7. The van der Waals surface area contributed by atoms with E-state index in [4.69, 9.17) is 14.5 Å². The van der Waals surface area contributed by atoms with Crippen LogP contribution in [-0.4, -0.2) is 45.8 Å². The zero-order valence-electron chi connectivity index (χ0n) is 17.5. The van der Waals surface area contributed by atoms with Gasteiger partial charge in [-0.15, -0.1) is 0 Å². The average Bonchev–Trinajstić information content (AvgIpc) is 3.65. The quantitative estimate of drug-likeness (QED) is 0.607. The van der Waals surface area contributed by atoms with Gasteiger partial charge in [-0.3, -0.25) is 9.36 Å². The van der Waals surface area contributed by atoms with Crippen LogP contribution < -0.4 is 15.2 Å². The number of rotatable bonds is 6. The van der Waals surface area contributed by atoms with Crippen LogP contribution in [0.3, 0.4) is 0 Å². The van der Waals surface area contributed by atoms with Crippen LogP contribution in [0.4, 0.5) is 5.95 Å². The standard InChI is InChI=1S/C23H25N5O3/c1-27-22(29)12-20(19-7-8-24-15-25-19)26-23(27)28-9-10-30-21(13-28)17-3-2-4-18(11-17)31-14-16-5-6-16/h2-4,7-8,11-12,15-16,21H,5-6,9-10,13-14H2,1H3. The maximum absolute atomic E-state index is 12.6.